The van der Waals surface area contributed by atoms with Gasteiger partial charge in [0.1, 0.15) is 0 Å². The summed E-state index contributed by atoms with van der Waals surface area (Å²) < 4.78 is 41.2. The van der Waals surface area contributed by atoms with Crippen LogP contribution >= 0.6 is 11.8 Å². The first-order valence-electron chi connectivity index (χ1n) is 7.50. The number of nitrogens with one attached hydrogen (secondary N) is 1. The predicted molar refractivity (Wildman–Crippen MR) is 90.6 cm³/mol. The van der Waals surface area contributed by atoms with Crippen LogP contribution in [-0.4, -0.2) is 44.8 Å². The highest BCUT2D eigenvalue weighted by molar-refractivity contribution is 7.99. The van der Waals surface area contributed by atoms with Gasteiger partial charge in [-0.1, -0.05) is 17.7 Å². The zero-order valence-corrected chi connectivity index (χ0v) is 14.5. The molecule has 0 saturated carbocycles. The van der Waals surface area contributed by atoms with Gasteiger partial charge in [-0.05, 0) is 19.1 Å². The molecule has 0 spiro atoms. The van der Waals surface area contributed by atoms with E-state index in [2.05, 4.69) is 10.4 Å². The summed E-state index contributed by atoms with van der Waals surface area (Å²) in [6, 6.07) is 6.27. The monoisotopic (exact) mass is 387 g/mol. The third-order valence-corrected chi connectivity index (χ3v) is 4.26. The molecule has 0 fully saturated rings. The molecule has 0 aliphatic carbocycles. The number of hydrogen-bond donors (Lipinski definition) is 2. The molecule has 1 aromatic heterocycles. The van der Waals surface area contributed by atoms with Crippen LogP contribution in [-0.2, 0) is 11.0 Å². The standard InChI is InChI=1S/C16H16F3N3O3S/c1-10-2-4-11(5-3-10)22-14(16(17,18)19)12(8-21-22)15(25)20-6-7-26-9-13(23)24/h2-5,8H,6-7,9H2,1H3,(H,20,25)(H,23,24). The summed E-state index contributed by atoms with van der Waals surface area (Å²) >= 11 is 1.05. The minimum absolute atomic E-state index is 0.0454. The van der Waals surface area contributed by atoms with Gasteiger partial charge in [-0.3, -0.25) is 9.59 Å². The Balaban J connectivity index is 2.19. The molecule has 1 heterocycles. The van der Waals surface area contributed by atoms with Crippen molar-refractivity contribution in [3.63, 3.8) is 0 Å². The summed E-state index contributed by atoms with van der Waals surface area (Å²) in [6.07, 6.45) is -3.89. The van der Waals surface area contributed by atoms with Crippen LogP contribution in [0.25, 0.3) is 5.69 Å². The topological polar surface area (TPSA) is 84.2 Å². The molecule has 2 N–H and O–H groups in total. The lowest BCUT2D eigenvalue weighted by Gasteiger charge is -2.13. The molecule has 0 aliphatic heterocycles. The van der Waals surface area contributed by atoms with E-state index in [1.54, 1.807) is 19.1 Å². The van der Waals surface area contributed by atoms with Crippen molar-refractivity contribution < 1.29 is 27.9 Å². The first kappa shape index (κ1) is 19.8. The maximum Gasteiger partial charge on any atom is 0.434 e. The first-order valence-corrected chi connectivity index (χ1v) is 8.65. The van der Waals surface area contributed by atoms with Crippen molar-refractivity contribution in [3.05, 3.63) is 47.3 Å². The number of carbonyl (C=O) groups excluding carboxylic acids is 1. The van der Waals surface area contributed by atoms with Crippen LogP contribution in [0.1, 0.15) is 21.6 Å². The number of carbonyl (C=O) groups is 2. The molecule has 10 heteroatoms. The molecule has 0 aliphatic rings. The van der Waals surface area contributed by atoms with E-state index in [0.29, 0.717) is 4.68 Å². The van der Waals surface area contributed by atoms with Gasteiger partial charge in [0.15, 0.2) is 5.69 Å². The van der Waals surface area contributed by atoms with Crippen LogP contribution in [0.15, 0.2) is 30.5 Å². The Morgan fingerprint density at radius 1 is 1.27 bits per heavy atom. The summed E-state index contributed by atoms with van der Waals surface area (Å²) in [7, 11) is 0. The number of nitrogens with zero attached hydrogens (tertiary/aromatic N) is 2. The lowest BCUT2D eigenvalue weighted by Crippen LogP contribution is -2.28. The molecular weight excluding hydrogens is 371 g/mol. The number of benzene rings is 1. The highest BCUT2D eigenvalue weighted by atomic mass is 32.2. The molecule has 140 valence electrons. The van der Waals surface area contributed by atoms with Crippen molar-refractivity contribution >= 4 is 23.6 Å². The van der Waals surface area contributed by atoms with Gasteiger partial charge in [-0.15, -0.1) is 11.8 Å². The number of rotatable bonds is 7. The van der Waals surface area contributed by atoms with Gasteiger partial charge in [0.05, 0.1) is 23.2 Å². The maximum absolute atomic E-state index is 13.5. The zero-order chi connectivity index (χ0) is 19.3. The lowest BCUT2D eigenvalue weighted by atomic mass is 10.2. The molecule has 0 bridgehead atoms. The molecule has 0 saturated heterocycles. The van der Waals surface area contributed by atoms with E-state index in [4.69, 9.17) is 5.11 Å². The number of carboxylic acids is 1. The maximum atomic E-state index is 13.5. The molecule has 2 rings (SSSR count). The molecule has 2 aromatic rings. The van der Waals surface area contributed by atoms with Crippen LogP contribution in [0.3, 0.4) is 0 Å². The van der Waals surface area contributed by atoms with Crippen molar-refractivity contribution in [1.29, 1.82) is 0 Å². The van der Waals surface area contributed by atoms with Gasteiger partial charge < -0.3 is 10.4 Å². The van der Waals surface area contributed by atoms with E-state index >= 15 is 0 Å². The van der Waals surface area contributed by atoms with Gasteiger partial charge in [-0.2, -0.15) is 18.3 Å². The zero-order valence-electron chi connectivity index (χ0n) is 13.7. The highest BCUT2D eigenvalue weighted by Crippen LogP contribution is 2.33. The quantitative estimate of drug-likeness (QED) is 0.714. The van der Waals surface area contributed by atoms with E-state index in [1.807, 2.05) is 0 Å². The Labute approximate surface area is 151 Å². The second-order valence-corrected chi connectivity index (χ2v) is 6.46. The summed E-state index contributed by atoms with van der Waals surface area (Å²) in [6.45, 7) is 1.85. The second-order valence-electron chi connectivity index (χ2n) is 5.35. The molecule has 0 radical (unpaired) electrons. The molecule has 26 heavy (non-hydrogen) atoms. The summed E-state index contributed by atoms with van der Waals surface area (Å²) in [5.41, 5.74) is -0.663. The minimum Gasteiger partial charge on any atom is -0.481 e. The van der Waals surface area contributed by atoms with Crippen molar-refractivity contribution in [2.24, 2.45) is 0 Å². The number of hydrogen-bond acceptors (Lipinski definition) is 4. The number of amides is 1. The normalized spacial score (nSPS) is 11.4. The fourth-order valence-electron chi connectivity index (χ4n) is 2.16. The highest BCUT2D eigenvalue weighted by Gasteiger charge is 2.40. The van der Waals surface area contributed by atoms with E-state index in [-0.39, 0.29) is 23.7 Å². The van der Waals surface area contributed by atoms with Crippen LogP contribution < -0.4 is 5.32 Å². The van der Waals surface area contributed by atoms with Gasteiger partial charge in [0.25, 0.3) is 5.91 Å². The van der Waals surface area contributed by atoms with Gasteiger partial charge in [0.2, 0.25) is 0 Å². The lowest BCUT2D eigenvalue weighted by molar-refractivity contribution is -0.143. The fraction of sp³-hybridized carbons (Fsp3) is 0.312. The number of aliphatic carboxylic acids is 1. The molecule has 0 unspecified atom stereocenters. The third-order valence-electron chi connectivity index (χ3n) is 3.32. The van der Waals surface area contributed by atoms with Crippen molar-refractivity contribution in [2.45, 2.75) is 13.1 Å². The SMILES string of the molecule is Cc1ccc(-n2ncc(C(=O)NCCSCC(=O)O)c2C(F)(F)F)cc1. The summed E-state index contributed by atoms with van der Waals surface area (Å²) in [4.78, 5) is 22.5. The van der Waals surface area contributed by atoms with Gasteiger partial charge >= 0.3 is 12.1 Å². The number of alkyl halides is 3. The molecule has 0 atom stereocenters. The van der Waals surface area contributed by atoms with E-state index in [0.717, 1.165) is 23.5 Å². The number of carboxylic acid groups (broad SMARTS) is 1. The average Bonchev–Trinajstić information content (AvgIpc) is 3.00. The summed E-state index contributed by atoms with van der Waals surface area (Å²) in [5.74, 6) is -1.78. The van der Waals surface area contributed by atoms with Crippen molar-refractivity contribution in [1.82, 2.24) is 15.1 Å². The molecule has 6 nitrogen and oxygen atoms in total. The third kappa shape index (κ3) is 5.01. The van der Waals surface area contributed by atoms with E-state index in [1.165, 1.54) is 12.1 Å². The Kier molecular flexibility index (Phi) is 6.30. The Bertz CT molecular complexity index is 788. The van der Waals surface area contributed by atoms with Crippen molar-refractivity contribution in [3.8, 4) is 5.69 Å². The molecule has 1 aromatic carbocycles. The average molecular weight is 387 g/mol. The Morgan fingerprint density at radius 3 is 2.50 bits per heavy atom. The van der Waals surface area contributed by atoms with Crippen LogP contribution in [0.2, 0.25) is 0 Å². The van der Waals surface area contributed by atoms with Crippen LogP contribution in [0.5, 0.6) is 0 Å². The summed E-state index contributed by atoms with van der Waals surface area (Å²) in [5, 5.41) is 14.6. The second kappa shape index (κ2) is 8.26. The minimum atomic E-state index is -4.77. The fourth-order valence-corrected chi connectivity index (χ4v) is 2.73. The predicted octanol–water partition coefficient (Wildman–Crippen LogP) is 2.75. The van der Waals surface area contributed by atoms with E-state index in [9.17, 15) is 22.8 Å². The molecular formula is C16H16F3N3O3S. The number of thioether (sulfide) groups is 1. The molecule has 1 amide bonds. The van der Waals surface area contributed by atoms with Gasteiger partial charge in [0, 0.05) is 12.3 Å². The number of halogens is 3. The van der Waals surface area contributed by atoms with Crippen LogP contribution in [0.4, 0.5) is 13.2 Å². The van der Waals surface area contributed by atoms with E-state index < -0.39 is 29.3 Å². The van der Waals surface area contributed by atoms with Crippen molar-refractivity contribution in [2.75, 3.05) is 18.1 Å². The smallest absolute Gasteiger partial charge is 0.434 e. The largest absolute Gasteiger partial charge is 0.481 e. The Hall–Kier alpha value is -2.49. The first-order chi connectivity index (χ1) is 12.2. The Morgan fingerprint density at radius 2 is 1.92 bits per heavy atom. The van der Waals surface area contributed by atoms with Crippen LogP contribution in [0, 0.1) is 6.92 Å². The number of aryl methyl sites for hydroxylation is 1. The number of aromatic nitrogens is 2. The van der Waals surface area contributed by atoms with Gasteiger partial charge in [-0.25, -0.2) is 4.68 Å².